The van der Waals surface area contributed by atoms with Crippen LogP contribution in [0.2, 0.25) is 0 Å². The molecule has 4 aromatic rings. The Kier molecular flexibility index (Phi) is 15.6. The van der Waals surface area contributed by atoms with Crippen LogP contribution in [0.3, 0.4) is 0 Å². The first-order chi connectivity index (χ1) is 31.0. The average molecular weight is 861 g/mol. The number of aromatic hydroxyl groups is 2. The number of nitrogens with zero attached hydrogens (tertiary/aromatic N) is 1. The molecule has 0 amide bonds. The predicted octanol–water partition coefficient (Wildman–Crippen LogP) is 8.70. The van der Waals surface area contributed by atoms with Crippen LogP contribution in [0, 0.1) is 23.2 Å². The molecule has 7 N–H and O–H groups in total. The lowest BCUT2D eigenvalue weighted by atomic mass is 9.78. The Morgan fingerprint density at radius 1 is 0.922 bits per heavy atom. The van der Waals surface area contributed by atoms with Crippen molar-refractivity contribution in [1.82, 2.24) is 0 Å². The molecule has 1 aliphatic heterocycles. The molecule has 0 aromatic heterocycles. The number of ketones is 1. The van der Waals surface area contributed by atoms with Gasteiger partial charge in [-0.05, 0) is 144 Å². The molecule has 1 saturated carbocycles. The quantitative estimate of drug-likeness (QED) is 0.0354. The maximum absolute atomic E-state index is 13.8. The van der Waals surface area contributed by atoms with E-state index in [4.69, 9.17) is 16.2 Å². The van der Waals surface area contributed by atoms with Crippen LogP contribution in [0.1, 0.15) is 128 Å². The highest BCUT2D eigenvalue weighted by molar-refractivity contribution is 6.06. The summed E-state index contributed by atoms with van der Waals surface area (Å²) in [6, 6.07) is 24.6. The fourth-order valence-corrected chi connectivity index (χ4v) is 9.45. The highest BCUT2D eigenvalue weighted by Crippen LogP contribution is 2.45. The number of aliphatic hydroxyl groups excluding tert-OH is 1. The number of phenolic OH excluding ortho intramolecular Hbond substituents is 2. The second kappa shape index (κ2) is 21.6. The molecule has 3 aliphatic rings. The Balaban J connectivity index is 0.957. The van der Waals surface area contributed by atoms with Crippen molar-refractivity contribution in [3.63, 3.8) is 0 Å². The molecule has 0 spiro atoms. The van der Waals surface area contributed by atoms with Crippen molar-refractivity contribution in [2.24, 2.45) is 27.8 Å². The van der Waals surface area contributed by atoms with Crippen molar-refractivity contribution in [2.45, 2.75) is 109 Å². The summed E-state index contributed by atoms with van der Waals surface area (Å²) in [6.45, 7) is 2.74. The molecular formula is C55H62N3O6-. The molecule has 9 heteroatoms. The third-order valence-electron chi connectivity index (χ3n) is 13.4. The number of nitrogens with two attached hydrogens (primary N) is 2. The van der Waals surface area contributed by atoms with Crippen molar-refractivity contribution in [3.05, 3.63) is 159 Å². The molecule has 64 heavy (non-hydrogen) atoms. The van der Waals surface area contributed by atoms with Crippen LogP contribution < -0.4 is 21.3 Å². The maximum atomic E-state index is 13.8. The van der Waals surface area contributed by atoms with Gasteiger partial charge in [-0.2, -0.15) is 0 Å². The minimum atomic E-state index is -0.698. The lowest BCUT2D eigenvalue weighted by molar-refractivity contribution is -0.307. The summed E-state index contributed by atoms with van der Waals surface area (Å²) in [7, 11) is 0. The van der Waals surface area contributed by atoms with E-state index in [1.807, 2.05) is 48.5 Å². The summed E-state index contributed by atoms with van der Waals surface area (Å²) in [4.78, 5) is 17.6. The molecule has 334 valence electrons. The van der Waals surface area contributed by atoms with Crippen molar-refractivity contribution in [2.75, 3.05) is 13.2 Å². The smallest absolute Gasteiger partial charge is 0.161 e. The fraction of sp³-hybridized carbons (Fsp3) is 0.382. The molecule has 1 fully saturated rings. The minimum Gasteiger partial charge on any atom is -0.875 e. The molecule has 1 heterocycles. The van der Waals surface area contributed by atoms with Gasteiger partial charge < -0.3 is 36.6 Å². The molecule has 4 aromatic carbocycles. The average Bonchev–Trinajstić information content (AvgIpc) is 3.98. The van der Waals surface area contributed by atoms with E-state index in [1.165, 1.54) is 24.0 Å². The number of benzene rings is 4. The van der Waals surface area contributed by atoms with Gasteiger partial charge in [-0.3, -0.25) is 9.79 Å². The molecular weight excluding hydrogens is 799 g/mol. The SMILES string of the molecule is C[C@H](CCc1ccccc1CCO)CCC1(/C=C/C(=O)CCc2ccc(O)c(OCCc3ccc(O)c([C@H]4CC([O-])=C5C=CN=C5CC#Cc5cc(C(N)N)ccc54)c3)c2)CCCC1. The van der Waals surface area contributed by atoms with Crippen molar-refractivity contribution >= 4 is 11.5 Å². The van der Waals surface area contributed by atoms with Gasteiger partial charge in [-0.15, -0.1) is 5.76 Å². The van der Waals surface area contributed by atoms with Crippen molar-refractivity contribution in [3.8, 4) is 29.1 Å². The third-order valence-corrected chi connectivity index (χ3v) is 13.4. The van der Waals surface area contributed by atoms with E-state index in [-0.39, 0.29) is 48.1 Å². The Bertz CT molecular complexity index is 2480. The van der Waals surface area contributed by atoms with Gasteiger partial charge in [-0.25, -0.2) is 0 Å². The van der Waals surface area contributed by atoms with Gasteiger partial charge in [0.1, 0.15) is 5.75 Å². The summed E-state index contributed by atoms with van der Waals surface area (Å²) in [6.07, 6.45) is 18.1. The van der Waals surface area contributed by atoms with E-state index in [0.717, 1.165) is 55.2 Å². The standard InChI is InChI=1S/C55H63N3O6/c1-37(11-15-40-7-2-3-8-41(40)24-31-59)21-28-55(26-4-5-27-55)29-22-44(60)17-12-38-14-20-51(62)53(34-38)64-32-25-39-13-19-50(61)48(33-39)47-36-52(63)46-23-30-58-49(46)10-6-9-42-35-43(54(56)57)16-18-45(42)47/h2-3,7-8,13-14,16,18-20,22-23,29-30,33-35,37,47,54,59,61-63H,4-5,10-12,15,17,21,24-28,31-32,36,56-57H2,1H3/p-1/b29-22+,52-46?/t37-,47+/m1/s1. The number of aliphatic hydroxyl groups is 1. The monoisotopic (exact) mass is 860 g/mol. The number of aryl methyl sites for hydroxylation is 2. The molecule has 0 bridgehead atoms. The Labute approximate surface area is 378 Å². The zero-order valence-corrected chi connectivity index (χ0v) is 37.0. The molecule has 0 unspecified atom stereocenters. The van der Waals surface area contributed by atoms with Crippen LogP contribution in [0.15, 0.2) is 120 Å². The zero-order chi connectivity index (χ0) is 45.1. The summed E-state index contributed by atoms with van der Waals surface area (Å²) in [5, 5.41) is 45.2. The molecule has 7 rings (SSSR count). The van der Waals surface area contributed by atoms with Gasteiger partial charge in [0.15, 0.2) is 17.3 Å². The van der Waals surface area contributed by atoms with E-state index in [2.05, 4.69) is 48.0 Å². The fourth-order valence-electron chi connectivity index (χ4n) is 9.45. The van der Waals surface area contributed by atoms with Crippen LogP contribution >= 0.6 is 0 Å². The highest BCUT2D eigenvalue weighted by atomic mass is 16.5. The number of aliphatic imine (C=N–C) groups is 1. The number of hydrogen-bond acceptors (Lipinski definition) is 9. The van der Waals surface area contributed by atoms with Gasteiger partial charge >= 0.3 is 0 Å². The summed E-state index contributed by atoms with van der Waals surface area (Å²) in [5.41, 5.74) is 20.4. The number of allylic oxidation sites excluding steroid dienone is 5. The van der Waals surface area contributed by atoms with Crippen molar-refractivity contribution < 1.29 is 30.0 Å². The number of hydrogen-bond donors (Lipinski definition) is 5. The number of carbonyl (C=O) groups excluding carboxylic acids is 1. The number of ether oxygens (including phenoxy) is 1. The van der Waals surface area contributed by atoms with E-state index in [1.54, 1.807) is 30.5 Å². The van der Waals surface area contributed by atoms with Gasteiger partial charge in [-0.1, -0.05) is 92.3 Å². The first-order valence-electron chi connectivity index (χ1n) is 22.9. The molecule has 2 atom stereocenters. The summed E-state index contributed by atoms with van der Waals surface area (Å²) < 4.78 is 6.12. The van der Waals surface area contributed by atoms with Gasteiger partial charge in [0.2, 0.25) is 0 Å². The third kappa shape index (κ3) is 11.8. The van der Waals surface area contributed by atoms with Crippen LogP contribution in [-0.2, 0) is 30.5 Å². The van der Waals surface area contributed by atoms with E-state index in [9.17, 15) is 25.2 Å². The zero-order valence-electron chi connectivity index (χ0n) is 37.0. The second-order valence-corrected chi connectivity index (χ2v) is 17.9. The Hall–Kier alpha value is -5.92. The van der Waals surface area contributed by atoms with E-state index < -0.39 is 12.1 Å². The highest BCUT2D eigenvalue weighted by Gasteiger charge is 2.31. The first kappa shape index (κ1) is 46.1. The van der Waals surface area contributed by atoms with Gasteiger partial charge in [0.25, 0.3) is 0 Å². The van der Waals surface area contributed by atoms with Crippen molar-refractivity contribution in [1.29, 1.82) is 0 Å². The normalized spacial score (nSPS) is 17.2. The van der Waals surface area contributed by atoms with E-state index >= 15 is 0 Å². The van der Waals surface area contributed by atoms with Crippen LogP contribution in [0.4, 0.5) is 0 Å². The van der Waals surface area contributed by atoms with E-state index in [0.29, 0.717) is 71.7 Å². The molecule has 0 radical (unpaired) electrons. The van der Waals surface area contributed by atoms with Crippen LogP contribution in [0.5, 0.6) is 17.2 Å². The molecule has 2 aliphatic carbocycles. The maximum Gasteiger partial charge on any atom is 0.161 e. The number of fused-ring (bicyclic) bond motifs is 2. The Morgan fingerprint density at radius 3 is 2.44 bits per heavy atom. The minimum absolute atomic E-state index is 0.0174. The van der Waals surface area contributed by atoms with Gasteiger partial charge in [0, 0.05) is 42.7 Å². The Morgan fingerprint density at radius 2 is 1.67 bits per heavy atom. The first-order valence-corrected chi connectivity index (χ1v) is 22.9. The number of phenols is 2. The number of carbonyl (C=O) groups is 1. The predicted molar refractivity (Wildman–Crippen MR) is 252 cm³/mol. The van der Waals surface area contributed by atoms with Crippen LogP contribution in [0.25, 0.3) is 0 Å². The second-order valence-electron chi connectivity index (χ2n) is 17.9. The lowest BCUT2D eigenvalue weighted by Crippen LogP contribution is -2.21. The summed E-state index contributed by atoms with van der Waals surface area (Å²) >= 11 is 0. The summed E-state index contributed by atoms with van der Waals surface area (Å²) in [5.74, 6) is 6.91. The lowest BCUT2D eigenvalue weighted by Gasteiger charge is -2.27. The van der Waals surface area contributed by atoms with Gasteiger partial charge in [0.05, 0.1) is 24.9 Å². The molecule has 0 saturated heterocycles. The molecule has 9 nitrogen and oxygen atoms in total. The van der Waals surface area contributed by atoms with Crippen LogP contribution in [-0.4, -0.2) is 40.0 Å². The largest absolute Gasteiger partial charge is 0.875 e. The topological polar surface area (TPSA) is 174 Å². The number of rotatable bonds is 19.